The van der Waals surface area contributed by atoms with Crippen molar-refractivity contribution in [2.24, 2.45) is 5.92 Å². The molecule has 32 heavy (non-hydrogen) atoms. The summed E-state index contributed by atoms with van der Waals surface area (Å²) in [5, 5.41) is 0. The molecular formula is C25H30O5S2. The monoisotopic (exact) mass is 474 g/mol. The molecule has 0 spiro atoms. The summed E-state index contributed by atoms with van der Waals surface area (Å²) in [6.45, 7) is 9.84. The SMILES string of the molecule is Cc1ccc(SCC(C)C2CC(OS(C)(=O)=O)=C(c3c(C)cc(C)cc3C)C(=O)O2)cc1. The zero-order valence-corrected chi connectivity index (χ0v) is 21.0. The molecule has 0 aliphatic carbocycles. The molecular weight excluding hydrogens is 444 g/mol. The number of rotatable bonds is 7. The third-order valence-corrected chi connectivity index (χ3v) is 7.28. The van der Waals surface area contributed by atoms with Gasteiger partial charge in [-0.3, -0.25) is 0 Å². The molecule has 0 radical (unpaired) electrons. The van der Waals surface area contributed by atoms with Crippen LogP contribution in [0.2, 0.25) is 0 Å². The van der Waals surface area contributed by atoms with Gasteiger partial charge in [0, 0.05) is 23.0 Å². The van der Waals surface area contributed by atoms with Gasteiger partial charge in [-0.05, 0) is 56.5 Å². The molecule has 5 nitrogen and oxygen atoms in total. The van der Waals surface area contributed by atoms with Crippen LogP contribution in [0.4, 0.5) is 0 Å². The number of cyclic esters (lactones) is 1. The molecule has 0 saturated carbocycles. The number of benzene rings is 2. The number of esters is 1. The molecule has 2 atom stereocenters. The summed E-state index contributed by atoms with van der Waals surface area (Å²) in [6, 6.07) is 12.2. The van der Waals surface area contributed by atoms with Crippen molar-refractivity contribution in [3.8, 4) is 0 Å². The molecule has 3 rings (SSSR count). The van der Waals surface area contributed by atoms with E-state index < -0.39 is 22.2 Å². The number of carbonyl (C=O) groups excluding carboxylic acids is 1. The van der Waals surface area contributed by atoms with E-state index >= 15 is 0 Å². The van der Waals surface area contributed by atoms with Crippen molar-refractivity contribution < 1.29 is 22.1 Å². The van der Waals surface area contributed by atoms with E-state index in [0.29, 0.717) is 5.56 Å². The molecule has 2 aromatic carbocycles. The maximum atomic E-state index is 13.1. The van der Waals surface area contributed by atoms with Crippen LogP contribution in [0.25, 0.3) is 5.57 Å². The van der Waals surface area contributed by atoms with Gasteiger partial charge in [-0.1, -0.05) is 42.3 Å². The molecule has 1 heterocycles. The molecule has 2 aromatic rings. The Morgan fingerprint density at radius 1 is 1.06 bits per heavy atom. The number of hydrogen-bond donors (Lipinski definition) is 0. The highest BCUT2D eigenvalue weighted by Gasteiger charge is 2.36. The van der Waals surface area contributed by atoms with E-state index in [4.69, 9.17) is 8.92 Å². The van der Waals surface area contributed by atoms with Crippen molar-refractivity contribution in [2.45, 2.75) is 52.0 Å². The Kier molecular flexibility index (Phi) is 7.40. The highest BCUT2D eigenvalue weighted by molar-refractivity contribution is 7.99. The normalized spacial score (nSPS) is 17.8. The fraction of sp³-hybridized carbons (Fsp3) is 0.400. The second-order valence-corrected chi connectivity index (χ2v) is 11.3. The van der Waals surface area contributed by atoms with Crippen LogP contribution in [0.5, 0.6) is 0 Å². The lowest BCUT2D eigenvalue weighted by atomic mass is 9.89. The van der Waals surface area contributed by atoms with E-state index in [9.17, 15) is 13.2 Å². The van der Waals surface area contributed by atoms with Crippen molar-refractivity contribution in [3.05, 3.63) is 70.0 Å². The van der Waals surface area contributed by atoms with Crippen molar-refractivity contribution in [1.82, 2.24) is 0 Å². The summed E-state index contributed by atoms with van der Waals surface area (Å²) in [7, 11) is -3.80. The predicted molar refractivity (Wildman–Crippen MR) is 129 cm³/mol. The Hall–Kier alpha value is -2.25. The molecule has 1 aliphatic heterocycles. The molecule has 0 aromatic heterocycles. The van der Waals surface area contributed by atoms with Gasteiger partial charge in [0.25, 0.3) is 0 Å². The molecule has 0 bridgehead atoms. The van der Waals surface area contributed by atoms with Gasteiger partial charge in [-0.15, -0.1) is 11.8 Å². The minimum absolute atomic E-state index is 0.00479. The van der Waals surface area contributed by atoms with Crippen LogP contribution >= 0.6 is 11.8 Å². The summed E-state index contributed by atoms with van der Waals surface area (Å²) in [6.07, 6.45) is 0.751. The van der Waals surface area contributed by atoms with E-state index in [-0.39, 0.29) is 23.7 Å². The minimum atomic E-state index is -3.80. The van der Waals surface area contributed by atoms with Crippen LogP contribution in [0.15, 0.2) is 47.1 Å². The highest BCUT2D eigenvalue weighted by Crippen LogP contribution is 2.37. The van der Waals surface area contributed by atoms with Gasteiger partial charge in [0.15, 0.2) is 0 Å². The predicted octanol–water partition coefficient (Wildman–Crippen LogP) is 5.35. The summed E-state index contributed by atoms with van der Waals surface area (Å²) >= 11 is 1.68. The largest absolute Gasteiger partial charge is 0.458 e. The van der Waals surface area contributed by atoms with E-state index in [1.54, 1.807) is 11.8 Å². The molecule has 7 heteroatoms. The van der Waals surface area contributed by atoms with Crippen LogP contribution in [0.1, 0.15) is 41.2 Å². The first kappa shape index (κ1) is 24.4. The number of carbonyl (C=O) groups is 1. The molecule has 0 amide bonds. The summed E-state index contributed by atoms with van der Waals surface area (Å²) in [4.78, 5) is 14.3. The lowest BCUT2D eigenvalue weighted by Gasteiger charge is -2.31. The zero-order valence-electron chi connectivity index (χ0n) is 19.4. The van der Waals surface area contributed by atoms with E-state index in [1.165, 1.54) is 5.56 Å². The molecule has 0 N–H and O–H groups in total. The van der Waals surface area contributed by atoms with Crippen molar-refractivity contribution in [1.29, 1.82) is 0 Å². The van der Waals surface area contributed by atoms with Gasteiger partial charge >= 0.3 is 16.1 Å². The number of thioether (sulfide) groups is 1. The Balaban J connectivity index is 1.90. The second kappa shape index (κ2) is 9.71. The minimum Gasteiger partial charge on any atom is -0.458 e. The lowest BCUT2D eigenvalue weighted by Crippen LogP contribution is -2.33. The van der Waals surface area contributed by atoms with Gasteiger partial charge in [0.1, 0.15) is 17.4 Å². The maximum absolute atomic E-state index is 13.1. The molecule has 0 fully saturated rings. The average molecular weight is 475 g/mol. The molecule has 2 unspecified atom stereocenters. The summed E-state index contributed by atoms with van der Waals surface area (Å²) < 4.78 is 35.2. The smallest absolute Gasteiger partial charge is 0.342 e. The molecule has 1 aliphatic rings. The maximum Gasteiger partial charge on any atom is 0.342 e. The quantitative estimate of drug-likeness (QED) is 0.306. The Bertz CT molecular complexity index is 1120. The Morgan fingerprint density at radius 3 is 2.22 bits per heavy atom. The van der Waals surface area contributed by atoms with E-state index in [0.717, 1.165) is 33.6 Å². The van der Waals surface area contributed by atoms with E-state index in [2.05, 4.69) is 24.3 Å². The fourth-order valence-corrected chi connectivity index (χ4v) is 5.51. The van der Waals surface area contributed by atoms with Crippen molar-refractivity contribution in [2.75, 3.05) is 12.0 Å². The standard InChI is InChI=1S/C25H30O5S2/c1-15-7-9-20(10-8-15)31-14-19(5)21-13-22(30-32(6,27)28)24(25(26)29-21)23-17(3)11-16(2)12-18(23)4/h7-12,19,21H,13-14H2,1-6H3. The second-order valence-electron chi connectivity index (χ2n) is 8.61. The summed E-state index contributed by atoms with van der Waals surface area (Å²) in [5.41, 5.74) is 4.92. The van der Waals surface area contributed by atoms with Crippen LogP contribution < -0.4 is 0 Å². The first-order valence-corrected chi connectivity index (χ1v) is 13.4. The van der Waals surface area contributed by atoms with Crippen molar-refractivity contribution >= 4 is 33.4 Å². The van der Waals surface area contributed by atoms with Gasteiger partial charge in [-0.25, -0.2) is 4.79 Å². The highest BCUT2D eigenvalue weighted by atomic mass is 32.2. The number of hydrogen-bond acceptors (Lipinski definition) is 6. The summed E-state index contributed by atoms with van der Waals surface area (Å²) in [5.74, 6) is 0.355. The van der Waals surface area contributed by atoms with Gasteiger partial charge in [-0.2, -0.15) is 8.42 Å². The lowest BCUT2D eigenvalue weighted by molar-refractivity contribution is -0.145. The first-order chi connectivity index (χ1) is 14.9. The van der Waals surface area contributed by atoms with Gasteiger partial charge < -0.3 is 8.92 Å². The van der Waals surface area contributed by atoms with Crippen LogP contribution in [0.3, 0.4) is 0 Å². The number of aryl methyl sites for hydroxylation is 4. The third-order valence-electron chi connectivity index (χ3n) is 5.48. The van der Waals surface area contributed by atoms with Crippen LogP contribution in [-0.4, -0.2) is 32.5 Å². The molecule has 172 valence electrons. The topological polar surface area (TPSA) is 69.7 Å². The Labute approximate surface area is 195 Å². The number of ether oxygens (including phenoxy) is 1. The van der Waals surface area contributed by atoms with E-state index in [1.807, 2.05) is 46.8 Å². The van der Waals surface area contributed by atoms with Gasteiger partial charge in [0.05, 0.1) is 6.26 Å². The van der Waals surface area contributed by atoms with Crippen molar-refractivity contribution in [3.63, 3.8) is 0 Å². The first-order valence-electron chi connectivity index (χ1n) is 10.6. The van der Waals surface area contributed by atoms with Crippen LogP contribution in [-0.2, 0) is 23.8 Å². The average Bonchev–Trinajstić information content (AvgIpc) is 2.67. The molecule has 0 saturated heterocycles. The Morgan fingerprint density at radius 2 is 1.66 bits per heavy atom. The fourth-order valence-electron chi connectivity index (χ4n) is 4.00. The van der Waals surface area contributed by atoms with Crippen LogP contribution in [0, 0.1) is 33.6 Å². The van der Waals surface area contributed by atoms with Gasteiger partial charge in [0.2, 0.25) is 0 Å². The third kappa shape index (κ3) is 5.95. The zero-order chi connectivity index (χ0) is 23.6.